The van der Waals surface area contributed by atoms with Crippen LogP contribution in [0.25, 0.3) is 0 Å². The Morgan fingerprint density at radius 3 is 2.31 bits per heavy atom. The molecule has 0 saturated heterocycles. The molecule has 0 radical (unpaired) electrons. The number of rotatable bonds is 9. The molecule has 0 bridgehead atoms. The molecule has 0 spiro atoms. The maximum Gasteiger partial charge on any atom is 0.243 e. The van der Waals surface area contributed by atoms with E-state index in [-0.39, 0.29) is 18.0 Å². The van der Waals surface area contributed by atoms with Gasteiger partial charge in [-0.3, -0.25) is 4.79 Å². The molecule has 32 heavy (non-hydrogen) atoms. The quantitative estimate of drug-likeness (QED) is 0.518. The number of carbonyl (C=O) groups is 1. The minimum atomic E-state index is -3.92. The van der Waals surface area contributed by atoms with Crippen LogP contribution in [0.4, 0.5) is 5.69 Å². The summed E-state index contributed by atoms with van der Waals surface area (Å²) in [5, 5.41) is 2.85. The fraction of sp³-hybridized carbons (Fsp3) is 0.240. The summed E-state index contributed by atoms with van der Waals surface area (Å²) >= 11 is 0. The first-order chi connectivity index (χ1) is 15.3. The lowest BCUT2D eigenvalue weighted by atomic mass is 10.1. The van der Waals surface area contributed by atoms with E-state index in [0.717, 1.165) is 16.7 Å². The summed E-state index contributed by atoms with van der Waals surface area (Å²) in [5.41, 5.74) is 3.39. The molecule has 0 aliphatic heterocycles. The van der Waals surface area contributed by atoms with Crippen molar-refractivity contribution >= 4 is 21.6 Å². The van der Waals surface area contributed by atoms with E-state index in [1.165, 1.54) is 16.4 Å². The number of aryl methyl sites for hydroxylation is 2. The van der Waals surface area contributed by atoms with Gasteiger partial charge in [0.15, 0.2) is 0 Å². The Kier molecular flexibility index (Phi) is 7.66. The number of nitrogens with one attached hydrogen (secondary N) is 1. The molecule has 6 nitrogen and oxygen atoms in total. The molecule has 0 heterocycles. The van der Waals surface area contributed by atoms with Gasteiger partial charge in [-0.1, -0.05) is 42.5 Å². The molecule has 3 aromatic carbocycles. The number of sulfonamides is 1. The van der Waals surface area contributed by atoms with Crippen molar-refractivity contribution in [2.24, 2.45) is 0 Å². The van der Waals surface area contributed by atoms with Crippen LogP contribution in [-0.4, -0.2) is 31.8 Å². The van der Waals surface area contributed by atoms with Crippen LogP contribution in [0.15, 0.2) is 77.7 Å². The topological polar surface area (TPSA) is 75.7 Å². The summed E-state index contributed by atoms with van der Waals surface area (Å²) in [5.74, 6) is 0.192. The van der Waals surface area contributed by atoms with E-state index in [9.17, 15) is 13.2 Å². The average Bonchev–Trinajstić information content (AvgIpc) is 2.77. The van der Waals surface area contributed by atoms with Crippen molar-refractivity contribution in [3.63, 3.8) is 0 Å². The first-order valence-corrected chi connectivity index (χ1v) is 11.9. The average molecular weight is 453 g/mol. The first-order valence-electron chi connectivity index (χ1n) is 10.4. The van der Waals surface area contributed by atoms with E-state index >= 15 is 0 Å². The zero-order chi connectivity index (χ0) is 23.1. The van der Waals surface area contributed by atoms with E-state index in [2.05, 4.69) is 5.32 Å². The fourth-order valence-corrected chi connectivity index (χ4v) is 4.64. The first kappa shape index (κ1) is 23.5. The Labute approximate surface area is 189 Å². The fourth-order valence-electron chi connectivity index (χ4n) is 3.26. The van der Waals surface area contributed by atoms with Gasteiger partial charge in [-0.05, 0) is 67.8 Å². The third kappa shape index (κ3) is 5.96. The second-order valence-corrected chi connectivity index (χ2v) is 9.47. The van der Waals surface area contributed by atoms with Gasteiger partial charge in [0.2, 0.25) is 15.9 Å². The summed E-state index contributed by atoms with van der Waals surface area (Å²) < 4.78 is 33.4. The lowest BCUT2D eigenvalue weighted by Crippen LogP contribution is -2.37. The highest BCUT2D eigenvalue weighted by atomic mass is 32.2. The minimum Gasteiger partial charge on any atom is -0.494 e. The zero-order valence-electron chi connectivity index (χ0n) is 18.5. The summed E-state index contributed by atoms with van der Waals surface area (Å²) in [6.07, 6.45) is 0. The molecule has 7 heteroatoms. The molecule has 0 aromatic heterocycles. The Hall–Kier alpha value is -3.16. The van der Waals surface area contributed by atoms with Gasteiger partial charge in [0.25, 0.3) is 0 Å². The maximum absolute atomic E-state index is 13.4. The molecule has 0 saturated carbocycles. The molecule has 0 aliphatic carbocycles. The van der Waals surface area contributed by atoms with Gasteiger partial charge in [0.05, 0.1) is 18.0 Å². The standard InChI is InChI=1S/C25H28N2O4S/c1-4-31-22-12-14-23(15-13-22)32(29,30)27(17-21-8-6-5-7-9-21)18-25(28)26-24-16-19(2)10-11-20(24)3/h5-16H,4,17-18H2,1-3H3,(H,26,28). The van der Waals surface area contributed by atoms with Crippen molar-refractivity contribution in [3.8, 4) is 5.75 Å². The molecule has 0 aliphatic rings. The monoisotopic (exact) mass is 452 g/mol. The van der Waals surface area contributed by atoms with Crippen LogP contribution in [-0.2, 0) is 21.4 Å². The van der Waals surface area contributed by atoms with Crippen molar-refractivity contribution in [2.75, 3.05) is 18.5 Å². The molecule has 1 amide bonds. The summed E-state index contributed by atoms with van der Waals surface area (Å²) in [4.78, 5) is 13.0. The molecule has 1 N–H and O–H groups in total. The Morgan fingerprint density at radius 2 is 1.66 bits per heavy atom. The third-order valence-electron chi connectivity index (χ3n) is 4.96. The number of carbonyl (C=O) groups excluding carboxylic acids is 1. The number of anilines is 1. The van der Waals surface area contributed by atoms with Crippen LogP contribution in [0.5, 0.6) is 5.75 Å². The summed E-state index contributed by atoms with van der Waals surface area (Å²) in [6, 6.07) is 21.2. The van der Waals surface area contributed by atoms with Crippen molar-refractivity contribution in [1.29, 1.82) is 0 Å². The lowest BCUT2D eigenvalue weighted by molar-refractivity contribution is -0.116. The zero-order valence-corrected chi connectivity index (χ0v) is 19.4. The van der Waals surface area contributed by atoms with E-state index in [0.29, 0.717) is 18.0 Å². The summed E-state index contributed by atoms with van der Waals surface area (Å²) in [6.45, 7) is 5.96. The molecule has 168 valence electrons. The van der Waals surface area contributed by atoms with Crippen LogP contribution in [0.3, 0.4) is 0 Å². The van der Waals surface area contributed by atoms with Gasteiger partial charge in [-0.25, -0.2) is 8.42 Å². The van der Waals surface area contributed by atoms with Crippen LogP contribution in [0.1, 0.15) is 23.6 Å². The van der Waals surface area contributed by atoms with E-state index in [4.69, 9.17) is 4.74 Å². The largest absolute Gasteiger partial charge is 0.494 e. The molecule has 3 aromatic rings. The van der Waals surface area contributed by atoms with Gasteiger partial charge < -0.3 is 10.1 Å². The Balaban J connectivity index is 1.87. The van der Waals surface area contributed by atoms with Crippen molar-refractivity contribution in [1.82, 2.24) is 4.31 Å². The van der Waals surface area contributed by atoms with Gasteiger partial charge in [-0.2, -0.15) is 4.31 Å². The van der Waals surface area contributed by atoms with E-state index in [1.54, 1.807) is 12.1 Å². The predicted octanol–water partition coefficient (Wildman–Crippen LogP) is 4.53. The number of benzene rings is 3. The highest BCUT2D eigenvalue weighted by Gasteiger charge is 2.27. The van der Waals surface area contributed by atoms with Gasteiger partial charge in [0, 0.05) is 12.2 Å². The molecule has 0 fully saturated rings. The third-order valence-corrected chi connectivity index (χ3v) is 6.77. The minimum absolute atomic E-state index is 0.0800. The van der Waals surface area contributed by atoms with Crippen LogP contribution >= 0.6 is 0 Å². The SMILES string of the molecule is CCOc1ccc(S(=O)(=O)N(CC(=O)Nc2cc(C)ccc2C)Cc2ccccc2)cc1. The molecular weight excluding hydrogens is 424 g/mol. The number of ether oxygens (including phenoxy) is 1. The predicted molar refractivity (Wildman–Crippen MR) is 126 cm³/mol. The number of nitrogens with zero attached hydrogens (tertiary/aromatic N) is 1. The molecule has 3 rings (SSSR count). The Bertz CT molecular complexity index is 1160. The normalized spacial score (nSPS) is 11.4. The van der Waals surface area contributed by atoms with E-state index in [1.807, 2.05) is 69.3 Å². The lowest BCUT2D eigenvalue weighted by Gasteiger charge is -2.22. The van der Waals surface area contributed by atoms with Crippen LogP contribution in [0, 0.1) is 13.8 Å². The van der Waals surface area contributed by atoms with E-state index < -0.39 is 15.9 Å². The number of hydrogen-bond acceptors (Lipinski definition) is 4. The van der Waals surface area contributed by atoms with Crippen molar-refractivity contribution < 1.29 is 17.9 Å². The highest BCUT2D eigenvalue weighted by Crippen LogP contribution is 2.22. The van der Waals surface area contributed by atoms with Gasteiger partial charge in [-0.15, -0.1) is 0 Å². The molecule has 0 atom stereocenters. The van der Waals surface area contributed by atoms with Crippen LogP contribution < -0.4 is 10.1 Å². The van der Waals surface area contributed by atoms with Crippen molar-refractivity contribution in [2.45, 2.75) is 32.2 Å². The Morgan fingerprint density at radius 1 is 0.969 bits per heavy atom. The van der Waals surface area contributed by atoms with Gasteiger partial charge in [0.1, 0.15) is 5.75 Å². The smallest absolute Gasteiger partial charge is 0.243 e. The summed E-state index contributed by atoms with van der Waals surface area (Å²) in [7, 11) is -3.92. The van der Waals surface area contributed by atoms with Gasteiger partial charge >= 0.3 is 0 Å². The number of amides is 1. The maximum atomic E-state index is 13.4. The second kappa shape index (κ2) is 10.4. The molecule has 0 unspecified atom stereocenters. The second-order valence-electron chi connectivity index (χ2n) is 7.53. The van der Waals surface area contributed by atoms with Crippen molar-refractivity contribution in [3.05, 3.63) is 89.5 Å². The molecular formula is C25H28N2O4S. The highest BCUT2D eigenvalue weighted by molar-refractivity contribution is 7.89. The van der Waals surface area contributed by atoms with Crippen LogP contribution in [0.2, 0.25) is 0 Å². The number of hydrogen-bond donors (Lipinski definition) is 1.